The van der Waals surface area contributed by atoms with Crippen LogP contribution in [0.5, 0.6) is 5.75 Å². The van der Waals surface area contributed by atoms with Crippen molar-refractivity contribution in [2.75, 3.05) is 26.4 Å². The van der Waals surface area contributed by atoms with Crippen molar-refractivity contribution in [3.8, 4) is 5.75 Å². The van der Waals surface area contributed by atoms with Gasteiger partial charge in [-0.05, 0) is 26.5 Å². The van der Waals surface area contributed by atoms with Gasteiger partial charge in [0, 0.05) is 18.7 Å². The van der Waals surface area contributed by atoms with Crippen molar-refractivity contribution in [2.45, 2.75) is 27.3 Å². The Hall–Kier alpha value is -1.06. The Morgan fingerprint density at radius 1 is 1.18 bits per heavy atom. The number of rotatable bonds is 8. The highest BCUT2D eigenvalue weighted by atomic mass is 16.5. The Morgan fingerprint density at radius 2 is 2.00 bits per heavy atom. The molecule has 3 nitrogen and oxygen atoms in total. The second kappa shape index (κ2) is 8.09. The van der Waals surface area contributed by atoms with E-state index >= 15 is 0 Å². The molecule has 0 fully saturated rings. The number of hydrogen-bond acceptors (Lipinski definition) is 3. The highest BCUT2D eigenvalue weighted by Gasteiger charge is 2.03. The van der Waals surface area contributed by atoms with Crippen LogP contribution in [-0.2, 0) is 11.3 Å². The van der Waals surface area contributed by atoms with Gasteiger partial charge in [-0.1, -0.05) is 24.6 Å². The largest absolute Gasteiger partial charge is 0.491 e. The Morgan fingerprint density at radius 3 is 2.71 bits per heavy atom. The first-order chi connectivity index (χ1) is 8.27. The van der Waals surface area contributed by atoms with E-state index in [1.165, 1.54) is 11.1 Å². The maximum absolute atomic E-state index is 5.73. The molecule has 0 aliphatic heterocycles. The summed E-state index contributed by atoms with van der Waals surface area (Å²) in [6.07, 6.45) is 0. The number of hydrogen-bond donors (Lipinski definition) is 1. The second-order valence-electron chi connectivity index (χ2n) is 3.94. The van der Waals surface area contributed by atoms with Crippen molar-refractivity contribution in [3.63, 3.8) is 0 Å². The molecule has 0 saturated carbocycles. The van der Waals surface area contributed by atoms with Crippen LogP contribution < -0.4 is 10.1 Å². The van der Waals surface area contributed by atoms with Crippen LogP contribution in [0, 0.1) is 6.92 Å². The molecule has 1 aromatic rings. The van der Waals surface area contributed by atoms with E-state index < -0.39 is 0 Å². The van der Waals surface area contributed by atoms with E-state index in [1.54, 1.807) is 0 Å². The van der Waals surface area contributed by atoms with Gasteiger partial charge in [0.2, 0.25) is 0 Å². The van der Waals surface area contributed by atoms with E-state index in [-0.39, 0.29) is 0 Å². The summed E-state index contributed by atoms with van der Waals surface area (Å²) in [5.41, 5.74) is 2.47. The third-order valence-corrected chi connectivity index (χ3v) is 2.47. The lowest BCUT2D eigenvalue weighted by atomic mass is 10.1. The van der Waals surface area contributed by atoms with Crippen molar-refractivity contribution in [3.05, 3.63) is 29.3 Å². The van der Waals surface area contributed by atoms with Crippen LogP contribution in [0.4, 0.5) is 0 Å². The molecule has 0 heterocycles. The van der Waals surface area contributed by atoms with Gasteiger partial charge in [-0.3, -0.25) is 0 Å². The van der Waals surface area contributed by atoms with Gasteiger partial charge in [-0.15, -0.1) is 0 Å². The number of benzene rings is 1. The summed E-state index contributed by atoms with van der Waals surface area (Å²) in [7, 11) is 0. The minimum Gasteiger partial charge on any atom is -0.491 e. The Kier molecular flexibility index (Phi) is 6.67. The fraction of sp³-hybridized carbons (Fsp3) is 0.571. The molecule has 0 amide bonds. The SMILES string of the molecule is CCNCc1cc(C)ccc1OCCOCC. The zero-order valence-corrected chi connectivity index (χ0v) is 11.1. The molecule has 0 aliphatic rings. The Bertz CT molecular complexity index is 326. The van der Waals surface area contributed by atoms with Gasteiger partial charge >= 0.3 is 0 Å². The van der Waals surface area contributed by atoms with Crippen LogP contribution in [0.2, 0.25) is 0 Å². The minimum absolute atomic E-state index is 0.607. The zero-order chi connectivity index (χ0) is 12.5. The third kappa shape index (κ3) is 5.20. The summed E-state index contributed by atoms with van der Waals surface area (Å²) >= 11 is 0. The summed E-state index contributed by atoms with van der Waals surface area (Å²) < 4.78 is 11.0. The van der Waals surface area contributed by atoms with Crippen LogP contribution in [0.15, 0.2) is 18.2 Å². The summed E-state index contributed by atoms with van der Waals surface area (Å²) in [6.45, 7) is 9.99. The first kappa shape index (κ1) is 14.0. The molecule has 0 saturated heterocycles. The quantitative estimate of drug-likeness (QED) is 0.705. The molecule has 0 spiro atoms. The predicted molar refractivity (Wildman–Crippen MR) is 70.5 cm³/mol. The van der Waals surface area contributed by atoms with Crippen molar-refractivity contribution >= 4 is 0 Å². The number of aryl methyl sites for hydroxylation is 1. The van der Waals surface area contributed by atoms with Gasteiger partial charge < -0.3 is 14.8 Å². The normalized spacial score (nSPS) is 10.5. The molecule has 17 heavy (non-hydrogen) atoms. The molecular weight excluding hydrogens is 214 g/mol. The van der Waals surface area contributed by atoms with Gasteiger partial charge in [0.05, 0.1) is 6.61 Å². The fourth-order valence-electron chi connectivity index (χ4n) is 1.60. The summed E-state index contributed by atoms with van der Waals surface area (Å²) in [5, 5.41) is 3.32. The van der Waals surface area contributed by atoms with E-state index in [1.807, 2.05) is 13.0 Å². The molecule has 1 N–H and O–H groups in total. The summed E-state index contributed by atoms with van der Waals surface area (Å²) in [4.78, 5) is 0. The van der Waals surface area contributed by atoms with Crippen LogP contribution in [0.25, 0.3) is 0 Å². The van der Waals surface area contributed by atoms with Gasteiger partial charge in [0.25, 0.3) is 0 Å². The molecule has 0 unspecified atom stereocenters. The summed E-state index contributed by atoms with van der Waals surface area (Å²) in [5.74, 6) is 0.955. The first-order valence-corrected chi connectivity index (χ1v) is 6.28. The zero-order valence-electron chi connectivity index (χ0n) is 11.1. The average Bonchev–Trinajstić information content (AvgIpc) is 2.34. The molecule has 0 radical (unpaired) electrons. The maximum atomic E-state index is 5.73. The van der Waals surface area contributed by atoms with Crippen LogP contribution >= 0.6 is 0 Å². The predicted octanol–water partition coefficient (Wildman–Crippen LogP) is 2.52. The lowest BCUT2D eigenvalue weighted by molar-refractivity contribution is 0.110. The van der Waals surface area contributed by atoms with E-state index in [9.17, 15) is 0 Å². The third-order valence-electron chi connectivity index (χ3n) is 2.47. The van der Waals surface area contributed by atoms with Crippen LogP contribution in [0.1, 0.15) is 25.0 Å². The van der Waals surface area contributed by atoms with Crippen LogP contribution in [0.3, 0.4) is 0 Å². The highest BCUT2D eigenvalue weighted by molar-refractivity contribution is 5.36. The monoisotopic (exact) mass is 237 g/mol. The molecule has 0 atom stereocenters. The molecular formula is C14H23NO2. The lowest BCUT2D eigenvalue weighted by Gasteiger charge is -2.12. The molecule has 3 heteroatoms. The summed E-state index contributed by atoms with van der Waals surface area (Å²) in [6, 6.07) is 6.28. The van der Waals surface area contributed by atoms with Gasteiger partial charge in [0.15, 0.2) is 0 Å². The number of ether oxygens (including phenoxy) is 2. The van der Waals surface area contributed by atoms with Gasteiger partial charge in [-0.2, -0.15) is 0 Å². The van der Waals surface area contributed by atoms with E-state index in [4.69, 9.17) is 9.47 Å². The van der Waals surface area contributed by atoms with E-state index in [2.05, 4.69) is 31.3 Å². The molecule has 0 aliphatic carbocycles. The minimum atomic E-state index is 0.607. The van der Waals surface area contributed by atoms with Gasteiger partial charge in [-0.25, -0.2) is 0 Å². The molecule has 1 aromatic carbocycles. The topological polar surface area (TPSA) is 30.5 Å². The fourth-order valence-corrected chi connectivity index (χ4v) is 1.60. The van der Waals surface area contributed by atoms with Crippen molar-refractivity contribution in [1.82, 2.24) is 5.32 Å². The molecule has 0 bridgehead atoms. The van der Waals surface area contributed by atoms with Crippen LogP contribution in [-0.4, -0.2) is 26.4 Å². The van der Waals surface area contributed by atoms with E-state index in [0.717, 1.165) is 25.4 Å². The van der Waals surface area contributed by atoms with Crippen molar-refractivity contribution in [1.29, 1.82) is 0 Å². The van der Waals surface area contributed by atoms with Crippen molar-refractivity contribution < 1.29 is 9.47 Å². The molecule has 0 aromatic heterocycles. The Balaban J connectivity index is 2.55. The smallest absolute Gasteiger partial charge is 0.123 e. The lowest BCUT2D eigenvalue weighted by Crippen LogP contribution is -2.14. The average molecular weight is 237 g/mol. The standard InChI is InChI=1S/C14H23NO2/c1-4-15-11-13-10-12(3)6-7-14(13)17-9-8-16-5-2/h6-7,10,15H,4-5,8-9,11H2,1-3H3. The van der Waals surface area contributed by atoms with E-state index in [0.29, 0.717) is 13.2 Å². The number of nitrogens with one attached hydrogen (secondary N) is 1. The molecule has 96 valence electrons. The Labute approximate surface area is 104 Å². The second-order valence-corrected chi connectivity index (χ2v) is 3.94. The van der Waals surface area contributed by atoms with Crippen molar-refractivity contribution in [2.24, 2.45) is 0 Å². The molecule has 1 rings (SSSR count). The first-order valence-electron chi connectivity index (χ1n) is 6.28. The van der Waals surface area contributed by atoms with Gasteiger partial charge in [0.1, 0.15) is 12.4 Å². The maximum Gasteiger partial charge on any atom is 0.123 e. The highest BCUT2D eigenvalue weighted by Crippen LogP contribution is 2.19.